The summed E-state index contributed by atoms with van der Waals surface area (Å²) in [5, 5.41) is 14.0. The maximum atomic E-state index is 13.4. The molecule has 114 valence electrons. The first-order chi connectivity index (χ1) is 9.83. The predicted molar refractivity (Wildman–Crippen MR) is 70.5 cm³/mol. The van der Waals surface area contributed by atoms with Gasteiger partial charge in [0.05, 0.1) is 0 Å². The number of carbonyl (C=O) groups is 2. The second-order valence-corrected chi connectivity index (χ2v) is 5.33. The number of urea groups is 1. The zero-order chi connectivity index (χ0) is 15.6. The SMILES string of the molecule is CC(NC(=O)NCc1ccc(F)cc1F)(C(=O)O)C1CC1. The van der Waals surface area contributed by atoms with Crippen molar-refractivity contribution >= 4 is 12.0 Å². The lowest BCUT2D eigenvalue weighted by Gasteiger charge is -2.26. The Morgan fingerprint density at radius 3 is 2.57 bits per heavy atom. The van der Waals surface area contributed by atoms with Crippen molar-refractivity contribution in [3.05, 3.63) is 35.4 Å². The molecule has 1 aromatic carbocycles. The molecule has 0 aliphatic heterocycles. The van der Waals surface area contributed by atoms with E-state index in [1.54, 1.807) is 0 Å². The lowest BCUT2D eigenvalue weighted by atomic mass is 9.96. The average molecular weight is 298 g/mol. The van der Waals surface area contributed by atoms with Gasteiger partial charge in [-0.3, -0.25) is 0 Å². The summed E-state index contributed by atoms with van der Waals surface area (Å²) in [4.78, 5) is 23.0. The van der Waals surface area contributed by atoms with E-state index in [4.69, 9.17) is 0 Å². The lowest BCUT2D eigenvalue weighted by molar-refractivity contribution is -0.144. The van der Waals surface area contributed by atoms with Crippen LogP contribution in [-0.2, 0) is 11.3 Å². The van der Waals surface area contributed by atoms with Crippen molar-refractivity contribution in [2.24, 2.45) is 5.92 Å². The van der Waals surface area contributed by atoms with Gasteiger partial charge >= 0.3 is 12.0 Å². The number of amides is 2. The molecule has 1 atom stereocenters. The second-order valence-electron chi connectivity index (χ2n) is 5.33. The van der Waals surface area contributed by atoms with Crippen LogP contribution in [0.25, 0.3) is 0 Å². The summed E-state index contributed by atoms with van der Waals surface area (Å²) in [6.07, 6.45) is 1.49. The highest BCUT2D eigenvalue weighted by Gasteiger charge is 2.48. The fourth-order valence-corrected chi connectivity index (χ4v) is 2.11. The van der Waals surface area contributed by atoms with Crippen LogP contribution >= 0.6 is 0 Å². The van der Waals surface area contributed by atoms with Gasteiger partial charge in [0, 0.05) is 18.2 Å². The molecular formula is C14H16F2N2O3. The molecule has 1 unspecified atom stereocenters. The van der Waals surface area contributed by atoms with E-state index in [0.717, 1.165) is 25.0 Å². The average Bonchev–Trinajstić information content (AvgIpc) is 3.21. The van der Waals surface area contributed by atoms with E-state index in [-0.39, 0.29) is 18.0 Å². The topological polar surface area (TPSA) is 78.4 Å². The zero-order valence-electron chi connectivity index (χ0n) is 11.5. The number of benzene rings is 1. The third-order valence-electron chi connectivity index (χ3n) is 3.67. The minimum Gasteiger partial charge on any atom is -0.480 e. The van der Waals surface area contributed by atoms with Gasteiger partial charge in [0.25, 0.3) is 0 Å². The van der Waals surface area contributed by atoms with Gasteiger partial charge in [0.1, 0.15) is 17.2 Å². The number of hydrogen-bond donors (Lipinski definition) is 3. The van der Waals surface area contributed by atoms with Crippen LogP contribution in [0.3, 0.4) is 0 Å². The smallest absolute Gasteiger partial charge is 0.329 e. The molecule has 1 aliphatic carbocycles. The van der Waals surface area contributed by atoms with E-state index >= 15 is 0 Å². The summed E-state index contributed by atoms with van der Waals surface area (Å²) in [6, 6.07) is 2.34. The molecule has 0 saturated heterocycles. The summed E-state index contributed by atoms with van der Waals surface area (Å²) < 4.78 is 26.1. The fourth-order valence-electron chi connectivity index (χ4n) is 2.11. The quantitative estimate of drug-likeness (QED) is 0.778. The maximum Gasteiger partial charge on any atom is 0.329 e. The van der Waals surface area contributed by atoms with Gasteiger partial charge in [0.15, 0.2) is 0 Å². The highest BCUT2D eigenvalue weighted by atomic mass is 19.1. The van der Waals surface area contributed by atoms with Crippen molar-refractivity contribution in [3.63, 3.8) is 0 Å². The number of rotatable bonds is 5. The minimum atomic E-state index is -1.33. The maximum absolute atomic E-state index is 13.4. The number of carbonyl (C=O) groups excluding carboxylic acids is 1. The molecule has 0 spiro atoms. The third kappa shape index (κ3) is 3.48. The van der Waals surface area contributed by atoms with Gasteiger partial charge in [-0.15, -0.1) is 0 Å². The van der Waals surface area contributed by atoms with Crippen LogP contribution in [0.15, 0.2) is 18.2 Å². The highest BCUT2D eigenvalue weighted by molar-refractivity contribution is 5.86. The predicted octanol–water partition coefficient (Wildman–Crippen LogP) is 2.02. The van der Waals surface area contributed by atoms with E-state index in [9.17, 15) is 23.5 Å². The van der Waals surface area contributed by atoms with Gasteiger partial charge < -0.3 is 15.7 Å². The van der Waals surface area contributed by atoms with Crippen molar-refractivity contribution in [2.75, 3.05) is 0 Å². The van der Waals surface area contributed by atoms with Gasteiger partial charge in [-0.25, -0.2) is 18.4 Å². The number of nitrogens with one attached hydrogen (secondary N) is 2. The molecule has 1 saturated carbocycles. The molecule has 21 heavy (non-hydrogen) atoms. The largest absolute Gasteiger partial charge is 0.480 e. The zero-order valence-corrected chi connectivity index (χ0v) is 11.5. The van der Waals surface area contributed by atoms with Gasteiger partial charge in [-0.2, -0.15) is 0 Å². The molecule has 2 amide bonds. The molecular weight excluding hydrogens is 282 g/mol. The van der Waals surface area contributed by atoms with Crippen LogP contribution in [0.1, 0.15) is 25.3 Å². The summed E-state index contributed by atoms with van der Waals surface area (Å²) in [6.45, 7) is 1.30. The molecule has 0 heterocycles. The molecule has 0 radical (unpaired) electrons. The Bertz CT molecular complexity index is 575. The van der Waals surface area contributed by atoms with E-state index < -0.39 is 29.2 Å². The fraction of sp³-hybridized carbons (Fsp3) is 0.429. The van der Waals surface area contributed by atoms with Crippen molar-refractivity contribution in [2.45, 2.75) is 31.8 Å². The Morgan fingerprint density at radius 2 is 2.05 bits per heavy atom. The monoisotopic (exact) mass is 298 g/mol. The van der Waals surface area contributed by atoms with E-state index in [2.05, 4.69) is 10.6 Å². The Hall–Kier alpha value is -2.18. The molecule has 1 aromatic rings. The summed E-state index contributed by atoms with van der Waals surface area (Å²) in [5.41, 5.74) is -1.21. The number of carboxylic acids is 1. The normalized spacial score (nSPS) is 16.9. The first-order valence-corrected chi connectivity index (χ1v) is 6.56. The van der Waals surface area contributed by atoms with Crippen LogP contribution in [0.4, 0.5) is 13.6 Å². The van der Waals surface area contributed by atoms with Gasteiger partial charge in [0.2, 0.25) is 0 Å². The van der Waals surface area contributed by atoms with E-state index in [1.807, 2.05) is 0 Å². The molecule has 1 aliphatic rings. The van der Waals surface area contributed by atoms with Gasteiger partial charge in [-0.05, 0) is 31.7 Å². The first kappa shape index (κ1) is 15.2. The summed E-state index contributed by atoms with van der Waals surface area (Å²) >= 11 is 0. The summed E-state index contributed by atoms with van der Waals surface area (Å²) in [7, 11) is 0. The Morgan fingerprint density at radius 1 is 1.38 bits per heavy atom. The molecule has 5 nitrogen and oxygen atoms in total. The minimum absolute atomic E-state index is 0.0942. The van der Waals surface area contributed by atoms with Crippen LogP contribution in [0, 0.1) is 17.6 Å². The number of aliphatic carboxylic acids is 1. The van der Waals surface area contributed by atoms with Crippen molar-refractivity contribution in [3.8, 4) is 0 Å². The highest BCUT2D eigenvalue weighted by Crippen LogP contribution is 2.39. The van der Waals surface area contributed by atoms with E-state index in [0.29, 0.717) is 0 Å². The van der Waals surface area contributed by atoms with Crippen LogP contribution < -0.4 is 10.6 Å². The molecule has 0 bridgehead atoms. The number of hydrogen-bond acceptors (Lipinski definition) is 2. The van der Waals surface area contributed by atoms with Crippen molar-refractivity contribution < 1.29 is 23.5 Å². The Balaban J connectivity index is 1.94. The van der Waals surface area contributed by atoms with Crippen molar-refractivity contribution in [1.29, 1.82) is 0 Å². The number of halogens is 2. The van der Waals surface area contributed by atoms with Crippen LogP contribution in [0.2, 0.25) is 0 Å². The first-order valence-electron chi connectivity index (χ1n) is 6.56. The molecule has 7 heteroatoms. The summed E-state index contributed by atoms with van der Waals surface area (Å²) in [5.74, 6) is -2.66. The standard InChI is InChI=1S/C14H16F2N2O3/c1-14(12(19)20,9-3-4-9)18-13(21)17-7-8-2-5-10(15)6-11(8)16/h2,5-6,9H,3-4,7H2,1H3,(H,19,20)(H2,17,18,21). The van der Waals surface area contributed by atoms with E-state index in [1.165, 1.54) is 13.0 Å². The molecule has 0 aromatic heterocycles. The lowest BCUT2D eigenvalue weighted by Crippen LogP contribution is -2.56. The van der Waals surface area contributed by atoms with Crippen molar-refractivity contribution in [1.82, 2.24) is 10.6 Å². The second kappa shape index (κ2) is 5.67. The molecule has 3 N–H and O–H groups in total. The number of carboxylic acid groups (broad SMARTS) is 1. The Kier molecular flexibility index (Phi) is 4.11. The van der Waals surface area contributed by atoms with Gasteiger partial charge in [-0.1, -0.05) is 6.07 Å². The van der Waals surface area contributed by atoms with Crippen LogP contribution in [-0.4, -0.2) is 22.6 Å². The van der Waals surface area contributed by atoms with Crippen LogP contribution in [0.5, 0.6) is 0 Å². The molecule has 2 rings (SSSR count). The molecule has 1 fully saturated rings. The Labute approximate surface area is 120 Å². The third-order valence-corrected chi connectivity index (χ3v) is 3.67.